The Morgan fingerprint density at radius 3 is 2.53 bits per heavy atom. The van der Waals surface area contributed by atoms with Gasteiger partial charge in [0.05, 0.1) is 6.67 Å². The molecule has 3 nitrogen and oxygen atoms in total. The van der Waals surface area contributed by atoms with E-state index in [9.17, 15) is 0 Å². The van der Waals surface area contributed by atoms with E-state index in [4.69, 9.17) is 12.2 Å². The summed E-state index contributed by atoms with van der Waals surface area (Å²) >= 11 is 9.04. The molecule has 2 fully saturated rings. The van der Waals surface area contributed by atoms with Crippen LogP contribution in [0.3, 0.4) is 0 Å². The van der Waals surface area contributed by atoms with Crippen molar-refractivity contribution in [3.05, 3.63) is 22.4 Å². The minimum atomic E-state index is 1.03. The fraction of sp³-hybridized carbons (Fsp3) is 0.615. The largest absolute Gasteiger partial charge is 0.344 e. The van der Waals surface area contributed by atoms with Crippen molar-refractivity contribution in [1.82, 2.24) is 14.7 Å². The molecule has 0 bridgehead atoms. The molecule has 0 amide bonds. The molecule has 1 aromatic rings. The van der Waals surface area contributed by atoms with Crippen molar-refractivity contribution in [3.8, 4) is 0 Å². The first-order valence-corrected chi connectivity index (χ1v) is 8.97. The predicted octanol–water partition coefficient (Wildman–Crippen LogP) is 2.16. The summed E-state index contributed by atoms with van der Waals surface area (Å²) in [5, 5.41) is 2.16. The maximum Gasteiger partial charge on any atom is 0.137 e. The van der Waals surface area contributed by atoms with Crippen LogP contribution in [0.4, 0.5) is 0 Å². The second-order valence-corrected chi connectivity index (χ2v) is 7.75. The van der Waals surface area contributed by atoms with Crippen molar-refractivity contribution in [2.24, 2.45) is 0 Å². The molecule has 0 aromatic carbocycles. The molecule has 6 heteroatoms. The molecule has 0 saturated carbocycles. The van der Waals surface area contributed by atoms with Crippen LogP contribution in [0, 0.1) is 0 Å². The van der Waals surface area contributed by atoms with Gasteiger partial charge in [-0.1, -0.05) is 30.0 Å². The van der Waals surface area contributed by atoms with E-state index in [1.165, 1.54) is 18.0 Å². The molecule has 2 saturated heterocycles. The van der Waals surface area contributed by atoms with Gasteiger partial charge in [0.25, 0.3) is 0 Å². The molecule has 0 N–H and O–H groups in total. The van der Waals surface area contributed by atoms with Gasteiger partial charge in [-0.2, -0.15) is 0 Å². The van der Waals surface area contributed by atoms with Crippen LogP contribution < -0.4 is 0 Å². The monoisotopic (exact) mass is 313 g/mol. The van der Waals surface area contributed by atoms with Crippen molar-refractivity contribution in [2.75, 3.05) is 45.1 Å². The van der Waals surface area contributed by atoms with Gasteiger partial charge in [0.15, 0.2) is 0 Å². The van der Waals surface area contributed by atoms with Crippen molar-refractivity contribution in [2.45, 2.75) is 6.54 Å². The minimum Gasteiger partial charge on any atom is -0.344 e. The summed E-state index contributed by atoms with van der Waals surface area (Å²) < 4.78 is 1.08. The summed E-state index contributed by atoms with van der Waals surface area (Å²) in [5.41, 5.74) is 0. The summed E-state index contributed by atoms with van der Waals surface area (Å²) in [5.74, 6) is 1.16. The van der Waals surface area contributed by atoms with Gasteiger partial charge in [-0.15, -0.1) is 11.3 Å². The van der Waals surface area contributed by atoms with E-state index in [1.54, 1.807) is 0 Å². The third-order valence-corrected chi connectivity index (χ3v) is 6.00. The van der Waals surface area contributed by atoms with E-state index in [0.29, 0.717) is 0 Å². The van der Waals surface area contributed by atoms with Crippen LogP contribution in [0.1, 0.15) is 4.88 Å². The van der Waals surface area contributed by atoms with E-state index in [-0.39, 0.29) is 0 Å². The zero-order valence-electron chi connectivity index (χ0n) is 11.0. The summed E-state index contributed by atoms with van der Waals surface area (Å²) in [6.45, 7) is 7.93. The number of hydrogen-bond acceptors (Lipinski definition) is 5. The van der Waals surface area contributed by atoms with Crippen LogP contribution in [-0.2, 0) is 6.54 Å². The van der Waals surface area contributed by atoms with Crippen LogP contribution in [0.2, 0.25) is 0 Å². The molecule has 0 spiro atoms. The van der Waals surface area contributed by atoms with Gasteiger partial charge in [-0.05, 0) is 11.4 Å². The molecule has 104 valence electrons. The molecule has 2 aliphatic heterocycles. The zero-order valence-corrected chi connectivity index (χ0v) is 13.4. The minimum absolute atomic E-state index is 1.03. The molecule has 19 heavy (non-hydrogen) atoms. The average Bonchev–Trinajstić information content (AvgIpc) is 3.05. The summed E-state index contributed by atoms with van der Waals surface area (Å²) in [4.78, 5) is 8.91. The molecule has 0 unspecified atom stereocenters. The van der Waals surface area contributed by atoms with Gasteiger partial charge in [0.2, 0.25) is 0 Å². The quantitative estimate of drug-likeness (QED) is 0.786. The van der Waals surface area contributed by atoms with Crippen molar-refractivity contribution < 1.29 is 0 Å². The molecule has 3 heterocycles. The zero-order chi connectivity index (χ0) is 13.1. The molecule has 2 aliphatic rings. The Morgan fingerprint density at radius 2 is 1.89 bits per heavy atom. The smallest absolute Gasteiger partial charge is 0.137 e. The number of thiophene rings is 1. The summed E-state index contributed by atoms with van der Waals surface area (Å²) in [6, 6.07) is 4.37. The molecular weight excluding hydrogens is 294 g/mol. The third-order valence-electron chi connectivity index (χ3n) is 3.64. The first kappa shape index (κ1) is 13.8. The molecule has 0 atom stereocenters. The molecule has 1 aromatic heterocycles. The lowest BCUT2D eigenvalue weighted by Crippen LogP contribution is -2.49. The third kappa shape index (κ3) is 3.70. The lowest BCUT2D eigenvalue weighted by Gasteiger charge is -2.36. The Balaban J connectivity index is 1.43. The highest BCUT2D eigenvalue weighted by Crippen LogP contribution is 2.19. The van der Waals surface area contributed by atoms with Crippen LogP contribution in [-0.4, -0.2) is 64.2 Å². The molecule has 0 aliphatic carbocycles. The van der Waals surface area contributed by atoms with Crippen molar-refractivity contribution >= 4 is 39.6 Å². The van der Waals surface area contributed by atoms with Crippen LogP contribution in [0.15, 0.2) is 17.5 Å². The van der Waals surface area contributed by atoms with Gasteiger partial charge >= 0.3 is 0 Å². The van der Waals surface area contributed by atoms with Gasteiger partial charge in [-0.25, -0.2) is 0 Å². The Labute approximate surface area is 128 Å². The number of thiocarbonyl (C=S) groups is 1. The van der Waals surface area contributed by atoms with E-state index in [2.05, 4.69) is 32.2 Å². The Morgan fingerprint density at radius 1 is 1.11 bits per heavy atom. The fourth-order valence-electron chi connectivity index (χ4n) is 2.51. The Hall–Kier alpha value is -0.140. The molecule has 0 radical (unpaired) electrons. The lowest BCUT2D eigenvalue weighted by molar-refractivity contribution is 0.0994. The van der Waals surface area contributed by atoms with E-state index < -0.39 is 0 Å². The Bertz CT molecular complexity index is 413. The second kappa shape index (κ2) is 6.54. The number of nitrogens with zero attached hydrogens (tertiary/aromatic N) is 3. The van der Waals surface area contributed by atoms with E-state index in [1.807, 2.05) is 23.1 Å². The maximum atomic E-state index is 5.36. The van der Waals surface area contributed by atoms with E-state index in [0.717, 1.165) is 42.9 Å². The van der Waals surface area contributed by atoms with Crippen LogP contribution in [0.5, 0.6) is 0 Å². The molecule has 3 rings (SSSR count). The van der Waals surface area contributed by atoms with Gasteiger partial charge in [0, 0.05) is 49.9 Å². The van der Waals surface area contributed by atoms with Crippen molar-refractivity contribution in [3.63, 3.8) is 0 Å². The topological polar surface area (TPSA) is 9.72 Å². The summed E-state index contributed by atoms with van der Waals surface area (Å²) in [6.07, 6.45) is 0. The van der Waals surface area contributed by atoms with Crippen LogP contribution in [0.25, 0.3) is 0 Å². The summed E-state index contributed by atoms with van der Waals surface area (Å²) in [7, 11) is 0. The fourth-order valence-corrected chi connectivity index (χ4v) is 4.47. The van der Waals surface area contributed by atoms with E-state index >= 15 is 0 Å². The number of thioether (sulfide) groups is 1. The SMILES string of the molecule is S=C1SCCN1CN1CCN(Cc2cccs2)CC1. The second-order valence-electron chi connectivity index (χ2n) is 4.99. The highest BCUT2D eigenvalue weighted by atomic mass is 32.2. The number of piperazine rings is 1. The normalized spacial score (nSPS) is 22.3. The number of rotatable bonds is 4. The Kier molecular flexibility index (Phi) is 4.76. The molecular formula is C13H19N3S3. The highest BCUT2D eigenvalue weighted by molar-refractivity contribution is 8.23. The maximum absolute atomic E-state index is 5.36. The first-order chi connectivity index (χ1) is 9.31. The highest BCUT2D eigenvalue weighted by Gasteiger charge is 2.23. The lowest BCUT2D eigenvalue weighted by atomic mass is 10.3. The van der Waals surface area contributed by atoms with Crippen LogP contribution >= 0.6 is 35.3 Å². The average molecular weight is 314 g/mol. The standard InChI is InChI=1S/C13H19N3S3/c17-13-16(7-9-19-13)11-15-5-3-14(4-6-15)10-12-2-1-8-18-12/h1-2,8H,3-7,9-11H2. The number of hydrogen-bond donors (Lipinski definition) is 0. The predicted molar refractivity (Wildman–Crippen MR) is 87.8 cm³/mol. The van der Waals surface area contributed by atoms with Gasteiger partial charge in [0.1, 0.15) is 4.32 Å². The van der Waals surface area contributed by atoms with Gasteiger partial charge < -0.3 is 4.90 Å². The van der Waals surface area contributed by atoms with Crippen molar-refractivity contribution in [1.29, 1.82) is 0 Å². The van der Waals surface area contributed by atoms with Gasteiger partial charge in [-0.3, -0.25) is 9.80 Å². The first-order valence-electron chi connectivity index (χ1n) is 6.70.